The zero-order valence-electron chi connectivity index (χ0n) is 9.26. The number of carbonyl (C=O) groups is 1. The van der Waals surface area contributed by atoms with Crippen molar-refractivity contribution in [1.29, 1.82) is 0 Å². The molecule has 4 heteroatoms. The molecule has 0 aliphatic carbocycles. The van der Waals surface area contributed by atoms with Crippen LogP contribution in [0.25, 0.3) is 21.7 Å². The van der Waals surface area contributed by atoms with Gasteiger partial charge in [-0.15, -0.1) is 0 Å². The summed E-state index contributed by atoms with van der Waals surface area (Å²) < 4.78 is 1.09. The smallest absolute Gasteiger partial charge is 0.265 e. The molecule has 0 unspecified atom stereocenters. The first-order valence-electron chi connectivity index (χ1n) is 5.40. The van der Waals surface area contributed by atoms with Crippen LogP contribution in [-0.2, 0) is 4.79 Å². The monoisotopic (exact) mass is 257 g/mol. The SMILES string of the molecule is O=Cn1c(=O)c2ccccc2c2ccc(Cl)cc21. The van der Waals surface area contributed by atoms with Crippen molar-refractivity contribution in [2.75, 3.05) is 0 Å². The van der Waals surface area contributed by atoms with E-state index in [1.807, 2.05) is 18.2 Å². The molecule has 0 aliphatic rings. The highest BCUT2D eigenvalue weighted by atomic mass is 35.5. The van der Waals surface area contributed by atoms with Gasteiger partial charge in [0.1, 0.15) is 0 Å². The Labute approximate surface area is 107 Å². The van der Waals surface area contributed by atoms with Crippen LogP contribution in [-0.4, -0.2) is 11.0 Å². The second-order valence-electron chi connectivity index (χ2n) is 3.99. The number of halogens is 1. The molecule has 0 amide bonds. The predicted molar refractivity (Wildman–Crippen MR) is 72.9 cm³/mol. The molecule has 1 heterocycles. The zero-order chi connectivity index (χ0) is 12.7. The van der Waals surface area contributed by atoms with Crippen molar-refractivity contribution in [3.05, 3.63) is 57.8 Å². The van der Waals surface area contributed by atoms with Gasteiger partial charge >= 0.3 is 0 Å². The number of nitrogens with zero attached hydrogens (tertiary/aromatic N) is 1. The minimum atomic E-state index is -0.324. The van der Waals surface area contributed by atoms with E-state index in [4.69, 9.17) is 11.6 Å². The van der Waals surface area contributed by atoms with E-state index in [1.54, 1.807) is 24.3 Å². The van der Waals surface area contributed by atoms with Crippen molar-refractivity contribution in [3.63, 3.8) is 0 Å². The van der Waals surface area contributed by atoms with E-state index in [0.717, 1.165) is 15.3 Å². The van der Waals surface area contributed by atoms with Gasteiger partial charge in [-0.2, -0.15) is 0 Å². The molecule has 3 nitrogen and oxygen atoms in total. The molecule has 3 aromatic rings. The lowest BCUT2D eigenvalue weighted by atomic mass is 10.1. The summed E-state index contributed by atoms with van der Waals surface area (Å²) in [4.78, 5) is 23.3. The summed E-state index contributed by atoms with van der Waals surface area (Å²) in [6.45, 7) is 0. The first kappa shape index (κ1) is 11.0. The van der Waals surface area contributed by atoms with Gasteiger partial charge in [-0.25, -0.2) is 4.57 Å². The number of hydrogen-bond acceptors (Lipinski definition) is 2. The van der Waals surface area contributed by atoms with Crippen LogP contribution >= 0.6 is 11.6 Å². The summed E-state index contributed by atoms with van der Waals surface area (Å²) in [6.07, 6.45) is 0.521. The van der Waals surface area contributed by atoms with Gasteiger partial charge in [0, 0.05) is 15.8 Å². The van der Waals surface area contributed by atoms with Crippen molar-refractivity contribution in [2.45, 2.75) is 0 Å². The average Bonchev–Trinajstić information content (AvgIpc) is 2.39. The Balaban J connectivity index is 2.71. The molecule has 88 valence electrons. The fourth-order valence-corrected chi connectivity index (χ4v) is 2.35. The van der Waals surface area contributed by atoms with Crippen molar-refractivity contribution in [2.24, 2.45) is 0 Å². The summed E-state index contributed by atoms with van der Waals surface area (Å²) in [5, 5.41) is 2.68. The van der Waals surface area contributed by atoms with Gasteiger partial charge in [0.25, 0.3) is 5.56 Å². The van der Waals surface area contributed by atoms with Crippen LogP contribution in [0.4, 0.5) is 0 Å². The standard InChI is InChI=1S/C14H8ClNO2/c15-9-5-6-11-10-3-1-2-4-12(10)14(18)16(8-17)13(11)7-9/h1-8H. The fraction of sp³-hybridized carbons (Fsp3) is 0. The molecular formula is C14H8ClNO2. The number of hydrogen-bond donors (Lipinski definition) is 0. The second-order valence-corrected chi connectivity index (χ2v) is 4.42. The topological polar surface area (TPSA) is 39.1 Å². The molecule has 3 rings (SSSR count). The second kappa shape index (κ2) is 3.96. The van der Waals surface area contributed by atoms with E-state index in [0.29, 0.717) is 22.3 Å². The van der Waals surface area contributed by atoms with E-state index in [9.17, 15) is 9.59 Å². The Bertz CT molecular complexity index is 836. The van der Waals surface area contributed by atoms with Crippen molar-refractivity contribution in [1.82, 2.24) is 4.57 Å². The average molecular weight is 258 g/mol. The van der Waals surface area contributed by atoms with Gasteiger partial charge in [-0.1, -0.05) is 35.9 Å². The molecular weight excluding hydrogens is 250 g/mol. The molecule has 0 saturated carbocycles. The first-order valence-corrected chi connectivity index (χ1v) is 5.78. The minimum Gasteiger partial charge on any atom is -0.278 e. The lowest BCUT2D eigenvalue weighted by Crippen LogP contribution is -2.20. The Hall–Kier alpha value is -2.13. The third-order valence-electron chi connectivity index (χ3n) is 2.99. The molecule has 0 aliphatic heterocycles. The maximum Gasteiger partial charge on any atom is 0.265 e. The van der Waals surface area contributed by atoms with Crippen molar-refractivity contribution < 1.29 is 4.79 Å². The van der Waals surface area contributed by atoms with Crippen LogP contribution < -0.4 is 5.56 Å². The van der Waals surface area contributed by atoms with Gasteiger partial charge in [0.05, 0.1) is 5.52 Å². The van der Waals surface area contributed by atoms with Crippen LogP contribution in [0, 0.1) is 0 Å². The third kappa shape index (κ3) is 1.45. The summed E-state index contributed by atoms with van der Waals surface area (Å²) >= 11 is 5.92. The van der Waals surface area contributed by atoms with Gasteiger partial charge in [-0.05, 0) is 23.6 Å². The molecule has 1 aromatic heterocycles. The lowest BCUT2D eigenvalue weighted by molar-refractivity contribution is 0.547. The van der Waals surface area contributed by atoms with E-state index in [1.165, 1.54) is 0 Å². The van der Waals surface area contributed by atoms with Crippen LogP contribution in [0.3, 0.4) is 0 Å². The van der Waals surface area contributed by atoms with Gasteiger partial charge < -0.3 is 0 Å². The summed E-state index contributed by atoms with van der Waals surface area (Å²) in [7, 11) is 0. The molecule has 18 heavy (non-hydrogen) atoms. The van der Waals surface area contributed by atoms with E-state index >= 15 is 0 Å². The number of aromatic nitrogens is 1. The van der Waals surface area contributed by atoms with Crippen LogP contribution in [0.2, 0.25) is 5.02 Å². The third-order valence-corrected chi connectivity index (χ3v) is 3.23. The summed E-state index contributed by atoms with van der Waals surface area (Å²) in [6, 6.07) is 12.4. The molecule has 2 aromatic carbocycles. The predicted octanol–water partition coefficient (Wildman–Crippen LogP) is 2.85. The van der Waals surface area contributed by atoms with E-state index < -0.39 is 0 Å². The fourth-order valence-electron chi connectivity index (χ4n) is 2.18. The van der Waals surface area contributed by atoms with Crippen molar-refractivity contribution in [3.8, 4) is 0 Å². The number of fused-ring (bicyclic) bond motifs is 3. The molecule has 0 fully saturated rings. The van der Waals surface area contributed by atoms with Gasteiger partial charge in [0.2, 0.25) is 6.41 Å². The zero-order valence-corrected chi connectivity index (χ0v) is 10.0. The maximum atomic E-state index is 12.2. The highest BCUT2D eigenvalue weighted by Crippen LogP contribution is 2.24. The molecule has 0 atom stereocenters. The number of pyridine rings is 1. The summed E-state index contributed by atoms with van der Waals surface area (Å²) in [5.41, 5.74) is 0.205. The Morgan fingerprint density at radius 3 is 2.44 bits per heavy atom. The van der Waals surface area contributed by atoms with Crippen LogP contribution in [0.15, 0.2) is 47.3 Å². The normalized spacial score (nSPS) is 10.9. The molecule has 0 N–H and O–H groups in total. The largest absolute Gasteiger partial charge is 0.278 e. The highest BCUT2D eigenvalue weighted by Gasteiger charge is 2.09. The van der Waals surface area contributed by atoms with Crippen molar-refractivity contribution >= 4 is 39.7 Å². The lowest BCUT2D eigenvalue weighted by Gasteiger charge is -2.08. The van der Waals surface area contributed by atoms with Gasteiger partial charge in [0.15, 0.2) is 0 Å². The Morgan fingerprint density at radius 1 is 1.00 bits per heavy atom. The highest BCUT2D eigenvalue weighted by molar-refractivity contribution is 6.31. The van der Waals surface area contributed by atoms with Crippen LogP contribution in [0.1, 0.15) is 0 Å². The minimum absolute atomic E-state index is 0.324. The number of carbonyl (C=O) groups excluding carboxylic acids is 1. The Kier molecular flexibility index (Phi) is 2.42. The maximum absolute atomic E-state index is 12.2. The number of benzene rings is 2. The van der Waals surface area contributed by atoms with E-state index in [2.05, 4.69) is 0 Å². The van der Waals surface area contributed by atoms with E-state index in [-0.39, 0.29) is 5.56 Å². The van der Waals surface area contributed by atoms with Crippen LogP contribution in [0.5, 0.6) is 0 Å². The Morgan fingerprint density at radius 2 is 1.72 bits per heavy atom. The summed E-state index contributed by atoms with van der Waals surface area (Å²) in [5.74, 6) is 0. The molecule has 0 bridgehead atoms. The quantitative estimate of drug-likeness (QED) is 0.497. The number of rotatable bonds is 1. The van der Waals surface area contributed by atoms with Gasteiger partial charge in [-0.3, -0.25) is 9.59 Å². The first-order chi connectivity index (χ1) is 8.72. The molecule has 0 spiro atoms. The molecule has 0 radical (unpaired) electrons. The molecule has 0 saturated heterocycles.